The van der Waals surface area contributed by atoms with Crippen molar-refractivity contribution in [3.05, 3.63) is 107 Å². The smallest absolute Gasteiger partial charge is 0.198 e. The Morgan fingerprint density at radius 3 is 2.50 bits per heavy atom. The molecule has 0 saturated heterocycles. The van der Waals surface area contributed by atoms with E-state index in [1.54, 1.807) is 0 Å². The lowest BCUT2D eigenvalue weighted by Crippen LogP contribution is -2.22. The summed E-state index contributed by atoms with van der Waals surface area (Å²) in [6.45, 7) is 0. The van der Waals surface area contributed by atoms with Crippen LogP contribution in [-0.2, 0) is 25.7 Å². The van der Waals surface area contributed by atoms with Gasteiger partial charge in [0.05, 0.1) is 5.69 Å². The maximum atomic E-state index is 6.28. The van der Waals surface area contributed by atoms with E-state index in [4.69, 9.17) is 10.7 Å². The molecular formula is C27H25N3. The Bertz CT molecular complexity index is 1230. The third-order valence-corrected chi connectivity index (χ3v) is 5.84. The fourth-order valence-electron chi connectivity index (χ4n) is 4.39. The van der Waals surface area contributed by atoms with Crippen molar-refractivity contribution in [1.29, 1.82) is 0 Å². The third-order valence-electron chi connectivity index (χ3n) is 5.84. The van der Waals surface area contributed by atoms with Crippen LogP contribution in [0, 0.1) is 0 Å². The van der Waals surface area contributed by atoms with Crippen LogP contribution in [0.5, 0.6) is 0 Å². The average Bonchev–Trinajstić information content (AvgIpc) is 3.21. The first-order valence-electron chi connectivity index (χ1n) is 10.5. The Balaban J connectivity index is 1.33. The number of nitrogens with one attached hydrogen (secondary N) is 1. The molecule has 5 rings (SSSR count). The molecule has 1 aliphatic carbocycles. The maximum Gasteiger partial charge on any atom is 0.198 e. The lowest BCUT2D eigenvalue weighted by atomic mass is 10.0. The minimum Gasteiger partial charge on any atom is -0.369 e. The number of benzene rings is 4. The molecule has 30 heavy (non-hydrogen) atoms. The highest BCUT2D eigenvalue weighted by atomic mass is 15.1. The number of anilines is 1. The molecule has 0 bridgehead atoms. The van der Waals surface area contributed by atoms with E-state index in [1.165, 1.54) is 33.0 Å². The van der Waals surface area contributed by atoms with Gasteiger partial charge in [0.15, 0.2) is 5.96 Å². The first kappa shape index (κ1) is 18.4. The van der Waals surface area contributed by atoms with Crippen LogP contribution in [0.15, 0.2) is 89.9 Å². The van der Waals surface area contributed by atoms with Gasteiger partial charge in [-0.05, 0) is 76.9 Å². The SMILES string of the molecule is NC(=Nc1ccc2cccc3c2c1CC3)Nc1cccc(CCc2ccccc2)c1. The van der Waals surface area contributed by atoms with Gasteiger partial charge in [-0.15, -0.1) is 0 Å². The van der Waals surface area contributed by atoms with E-state index in [0.717, 1.165) is 37.1 Å². The molecule has 0 atom stereocenters. The molecule has 0 fully saturated rings. The highest BCUT2D eigenvalue weighted by Crippen LogP contribution is 2.36. The van der Waals surface area contributed by atoms with Crippen molar-refractivity contribution in [2.24, 2.45) is 10.7 Å². The first-order chi connectivity index (χ1) is 14.8. The van der Waals surface area contributed by atoms with Gasteiger partial charge in [-0.2, -0.15) is 0 Å². The number of nitrogens with zero attached hydrogens (tertiary/aromatic N) is 1. The van der Waals surface area contributed by atoms with E-state index in [2.05, 4.69) is 84.2 Å². The largest absolute Gasteiger partial charge is 0.369 e. The minimum absolute atomic E-state index is 0.426. The second-order valence-electron chi connectivity index (χ2n) is 7.89. The van der Waals surface area contributed by atoms with Crippen molar-refractivity contribution < 1.29 is 0 Å². The zero-order chi connectivity index (χ0) is 20.3. The number of nitrogens with two attached hydrogens (primary N) is 1. The molecule has 4 aromatic rings. The van der Waals surface area contributed by atoms with E-state index >= 15 is 0 Å². The summed E-state index contributed by atoms with van der Waals surface area (Å²) in [5, 5.41) is 5.92. The predicted octanol–water partition coefficient (Wildman–Crippen LogP) is 5.78. The molecule has 3 N–H and O–H groups in total. The van der Waals surface area contributed by atoms with Gasteiger partial charge < -0.3 is 11.1 Å². The fourth-order valence-corrected chi connectivity index (χ4v) is 4.39. The van der Waals surface area contributed by atoms with Gasteiger partial charge in [0.1, 0.15) is 0 Å². The lowest BCUT2D eigenvalue weighted by molar-refractivity contribution is 0.961. The zero-order valence-electron chi connectivity index (χ0n) is 16.9. The molecule has 3 nitrogen and oxygen atoms in total. The average molecular weight is 392 g/mol. The summed E-state index contributed by atoms with van der Waals surface area (Å²) in [7, 11) is 0. The molecule has 0 heterocycles. The molecule has 0 amide bonds. The van der Waals surface area contributed by atoms with Gasteiger partial charge in [0, 0.05) is 5.69 Å². The molecule has 0 radical (unpaired) electrons. The van der Waals surface area contributed by atoms with Gasteiger partial charge >= 0.3 is 0 Å². The lowest BCUT2D eigenvalue weighted by Gasteiger charge is -2.10. The summed E-state index contributed by atoms with van der Waals surface area (Å²) in [6, 6.07) is 29.7. The first-order valence-corrected chi connectivity index (χ1v) is 10.5. The maximum absolute atomic E-state index is 6.28. The van der Waals surface area contributed by atoms with Crippen LogP contribution in [0.1, 0.15) is 22.3 Å². The molecule has 3 heteroatoms. The Kier molecular flexibility index (Phi) is 4.94. The van der Waals surface area contributed by atoms with Crippen LogP contribution >= 0.6 is 0 Å². The second-order valence-corrected chi connectivity index (χ2v) is 7.89. The molecule has 0 aliphatic heterocycles. The molecule has 1 aliphatic rings. The number of hydrogen-bond acceptors (Lipinski definition) is 1. The fraction of sp³-hybridized carbons (Fsp3) is 0.148. The van der Waals surface area contributed by atoms with Crippen molar-refractivity contribution >= 4 is 28.1 Å². The van der Waals surface area contributed by atoms with Gasteiger partial charge in [-0.1, -0.05) is 66.7 Å². The van der Waals surface area contributed by atoms with Crippen molar-refractivity contribution in [3.63, 3.8) is 0 Å². The molecule has 0 aromatic heterocycles. The van der Waals surface area contributed by atoms with Crippen molar-refractivity contribution in [3.8, 4) is 0 Å². The predicted molar refractivity (Wildman–Crippen MR) is 127 cm³/mol. The van der Waals surface area contributed by atoms with Gasteiger partial charge in [-0.3, -0.25) is 0 Å². The number of guanidine groups is 1. The number of hydrogen-bond donors (Lipinski definition) is 2. The van der Waals surface area contributed by atoms with Crippen LogP contribution in [0.25, 0.3) is 10.8 Å². The summed E-state index contributed by atoms with van der Waals surface area (Å²) in [6.07, 6.45) is 4.12. The van der Waals surface area contributed by atoms with E-state index in [9.17, 15) is 0 Å². The zero-order valence-corrected chi connectivity index (χ0v) is 16.9. The number of aliphatic imine (C=N–C) groups is 1. The van der Waals surface area contributed by atoms with Gasteiger partial charge in [0.25, 0.3) is 0 Å². The molecular weight excluding hydrogens is 366 g/mol. The van der Waals surface area contributed by atoms with Crippen molar-refractivity contribution in [1.82, 2.24) is 0 Å². The third kappa shape index (κ3) is 3.79. The quantitative estimate of drug-likeness (QED) is 0.335. The summed E-state index contributed by atoms with van der Waals surface area (Å²) in [5.41, 5.74) is 13.6. The van der Waals surface area contributed by atoms with E-state index < -0.39 is 0 Å². The monoisotopic (exact) mass is 391 g/mol. The summed E-state index contributed by atoms with van der Waals surface area (Å²) >= 11 is 0. The Hall–Kier alpha value is -3.59. The normalized spacial score (nSPS) is 13.0. The van der Waals surface area contributed by atoms with Crippen LogP contribution in [0.2, 0.25) is 0 Å². The molecule has 4 aromatic carbocycles. The van der Waals surface area contributed by atoms with Gasteiger partial charge in [-0.25, -0.2) is 4.99 Å². The van der Waals surface area contributed by atoms with Crippen LogP contribution in [0.3, 0.4) is 0 Å². The van der Waals surface area contributed by atoms with Crippen LogP contribution in [0.4, 0.5) is 11.4 Å². The number of rotatable bonds is 5. The molecule has 0 saturated carbocycles. The molecule has 0 unspecified atom stereocenters. The van der Waals surface area contributed by atoms with E-state index in [1.807, 2.05) is 6.07 Å². The van der Waals surface area contributed by atoms with E-state index in [0.29, 0.717) is 5.96 Å². The Morgan fingerprint density at radius 1 is 0.800 bits per heavy atom. The highest BCUT2D eigenvalue weighted by molar-refractivity contribution is 5.98. The molecule has 148 valence electrons. The molecule has 0 spiro atoms. The Labute approximate surface area is 177 Å². The van der Waals surface area contributed by atoms with Gasteiger partial charge in [0.2, 0.25) is 0 Å². The topological polar surface area (TPSA) is 50.4 Å². The van der Waals surface area contributed by atoms with Crippen molar-refractivity contribution in [2.45, 2.75) is 25.7 Å². The number of aryl methyl sites for hydroxylation is 4. The Morgan fingerprint density at radius 2 is 1.60 bits per heavy atom. The van der Waals surface area contributed by atoms with E-state index in [-0.39, 0.29) is 0 Å². The van der Waals surface area contributed by atoms with Crippen LogP contribution < -0.4 is 11.1 Å². The van der Waals surface area contributed by atoms with Crippen LogP contribution in [-0.4, -0.2) is 5.96 Å². The summed E-state index contributed by atoms with van der Waals surface area (Å²) < 4.78 is 0. The standard InChI is InChI=1S/C27H25N3/c28-27(30-25-17-15-22-10-5-9-21-14-16-24(25)26(21)22)29-23-11-4-8-20(18-23)13-12-19-6-2-1-3-7-19/h1-11,15,17-18H,12-14,16H2,(H3,28,29,30). The summed E-state index contributed by atoms with van der Waals surface area (Å²) in [4.78, 5) is 4.72. The summed E-state index contributed by atoms with van der Waals surface area (Å²) in [5.74, 6) is 0.426. The highest BCUT2D eigenvalue weighted by Gasteiger charge is 2.17. The van der Waals surface area contributed by atoms with Crippen molar-refractivity contribution in [2.75, 3.05) is 5.32 Å². The second kappa shape index (κ2) is 8.03. The minimum atomic E-state index is 0.426.